The molecule has 146 valence electrons. The summed E-state index contributed by atoms with van der Waals surface area (Å²) in [6.07, 6.45) is 2.47. The molecule has 1 heterocycles. The lowest BCUT2D eigenvalue weighted by Crippen LogP contribution is -2.30. The fourth-order valence-corrected chi connectivity index (χ4v) is 3.97. The molecule has 0 aromatic heterocycles. The third-order valence-electron chi connectivity index (χ3n) is 5.52. The largest absolute Gasteiger partial charge is 0.485 e. The standard InChI is InChI=1S/C24H33NO2/c1-5-25(17(2)3)16-21-8-6-7-9-22(21)23-13-12-20-11-10-19(14-18(4)26)15-24(20)27-23/h6-11,15,17-18,23,26H,5,12-14,16H2,1-4H3. The molecule has 3 rings (SSSR count). The third-order valence-corrected chi connectivity index (χ3v) is 5.52. The van der Waals surface area contributed by atoms with Crippen LogP contribution in [0.2, 0.25) is 0 Å². The fraction of sp³-hybridized carbons (Fsp3) is 0.500. The zero-order chi connectivity index (χ0) is 19.4. The second-order valence-corrected chi connectivity index (χ2v) is 8.00. The monoisotopic (exact) mass is 367 g/mol. The van der Waals surface area contributed by atoms with Crippen molar-refractivity contribution in [2.45, 2.75) is 71.8 Å². The molecule has 0 radical (unpaired) electrons. The van der Waals surface area contributed by atoms with Crippen LogP contribution in [0.25, 0.3) is 0 Å². The van der Waals surface area contributed by atoms with Gasteiger partial charge in [-0.15, -0.1) is 0 Å². The summed E-state index contributed by atoms with van der Waals surface area (Å²) in [5, 5.41) is 9.68. The van der Waals surface area contributed by atoms with Crippen LogP contribution in [0, 0.1) is 0 Å². The van der Waals surface area contributed by atoms with E-state index < -0.39 is 0 Å². The van der Waals surface area contributed by atoms with Crippen LogP contribution in [-0.2, 0) is 19.4 Å². The maximum Gasteiger partial charge on any atom is 0.124 e. The first kappa shape index (κ1) is 19.9. The second kappa shape index (κ2) is 8.90. The van der Waals surface area contributed by atoms with Gasteiger partial charge in [0, 0.05) is 12.6 Å². The zero-order valence-electron chi connectivity index (χ0n) is 17.1. The highest BCUT2D eigenvalue weighted by atomic mass is 16.5. The summed E-state index contributed by atoms with van der Waals surface area (Å²) < 4.78 is 6.46. The molecule has 0 aliphatic carbocycles. The molecule has 0 fully saturated rings. The number of nitrogens with zero attached hydrogens (tertiary/aromatic N) is 1. The van der Waals surface area contributed by atoms with Crippen molar-refractivity contribution in [3.8, 4) is 5.75 Å². The summed E-state index contributed by atoms with van der Waals surface area (Å²) >= 11 is 0. The van der Waals surface area contributed by atoms with Crippen LogP contribution in [0.15, 0.2) is 42.5 Å². The number of fused-ring (bicyclic) bond motifs is 1. The minimum atomic E-state index is -0.334. The predicted octanol–water partition coefficient (Wildman–Crippen LogP) is 4.91. The van der Waals surface area contributed by atoms with E-state index in [1.807, 2.05) is 6.92 Å². The van der Waals surface area contributed by atoms with Crippen LogP contribution >= 0.6 is 0 Å². The molecular weight excluding hydrogens is 334 g/mol. The van der Waals surface area contributed by atoms with Crippen LogP contribution in [0.1, 0.15) is 62.5 Å². The maximum absolute atomic E-state index is 9.68. The minimum Gasteiger partial charge on any atom is -0.485 e. The first-order chi connectivity index (χ1) is 13.0. The van der Waals surface area contributed by atoms with Gasteiger partial charge in [0.15, 0.2) is 0 Å². The highest BCUT2D eigenvalue weighted by Gasteiger charge is 2.24. The van der Waals surface area contributed by atoms with Crippen molar-refractivity contribution in [3.63, 3.8) is 0 Å². The van der Waals surface area contributed by atoms with E-state index in [2.05, 4.69) is 68.1 Å². The summed E-state index contributed by atoms with van der Waals surface area (Å²) in [5.41, 5.74) is 5.08. The molecule has 3 heteroatoms. The number of hydrogen-bond acceptors (Lipinski definition) is 3. The summed E-state index contributed by atoms with van der Waals surface area (Å²) in [5.74, 6) is 0.982. The molecule has 3 nitrogen and oxygen atoms in total. The number of benzene rings is 2. The average Bonchev–Trinajstić information content (AvgIpc) is 2.65. The van der Waals surface area contributed by atoms with E-state index in [9.17, 15) is 5.11 Å². The van der Waals surface area contributed by atoms with Crippen LogP contribution in [0.3, 0.4) is 0 Å². The fourth-order valence-electron chi connectivity index (χ4n) is 3.97. The number of ether oxygens (including phenoxy) is 1. The van der Waals surface area contributed by atoms with E-state index in [1.54, 1.807) is 0 Å². The highest BCUT2D eigenvalue weighted by Crippen LogP contribution is 2.37. The van der Waals surface area contributed by atoms with E-state index in [1.165, 1.54) is 16.7 Å². The number of aliphatic hydroxyl groups excluding tert-OH is 1. The summed E-state index contributed by atoms with van der Waals surface area (Å²) in [6, 6.07) is 15.6. The van der Waals surface area contributed by atoms with Gasteiger partial charge >= 0.3 is 0 Å². The molecule has 0 amide bonds. The van der Waals surface area contributed by atoms with Crippen LogP contribution in [0.5, 0.6) is 5.75 Å². The van der Waals surface area contributed by atoms with E-state index >= 15 is 0 Å². The Hall–Kier alpha value is -1.84. The Morgan fingerprint density at radius 3 is 2.63 bits per heavy atom. The topological polar surface area (TPSA) is 32.7 Å². The number of aryl methyl sites for hydroxylation is 1. The third kappa shape index (κ3) is 4.91. The van der Waals surface area contributed by atoms with Crippen LogP contribution < -0.4 is 4.74 Å². The van der Waals surface area contributed by atoms with Crippen molar-refractivity contribution in [1.82, 2.24) is 4.90 Å². The quantitative estimate of drug-likeness (QED) is 0.755. The lowest BCUT2D eigenvalue weighted by atomic mass is 9.93. The van der Waals surface area contributed by atoms with Crippen molar-refractivity contribution in [2.75, 3.05) is 6.54 Å². The van der Waals surface area contributed by atoms with Gasteiger partial charge in [-0.25, -0.2) is 0 Å². The molecule has 0 saturated carbocycles. The predicted molar refractivity (Wildman–Crippen MR) is 111 cm³/mol. The summed E-state index contributed by atoms with van der Waals surface area (Å²) in [7, 11) is 0. The SMILES string of the molecule is CCN(Cc1ccccc1C1CCc2ccc(CC(C)O)cc2O1)C(C)C. The molecule has 2 aromatic carbocycles. The van der Waals surface area contributed by atoms with E-state index in [4.69, 9.17) is 4.74 Å². The Kier molecular flexibility index (Phi) is 6.56. The van der Waals surface area contributed by atoms with Gasteiger partial charge in [-0.2, -0.15) is 0 Å². The van der Waals surface area contributed by atoms with Gasteiger partial charge < -0.3 is 9.84 Å². The van der Waals surface area contributed by atoms with Crippen molar-refractivity contribution in [3.05, 3.63) is 64.7 Å². The average molecular weight is 368 g/mol. The van der Waals surface area contributed by atoms with E-state index in [-0.39, 0.29) is 12.2 Å². The van der Waals surface area contributed by atoms with Gasteiger partial charge in [-0.3, -0.25) is 4.90 Å². The van der Waals surface area contributed by atoms with Crippen LogP contribution in [0.4, 0.5) is 0 Å². The van der Waals surface area contributed by atoms with Crippen molar-refractivity contribution < 1.29 is 9.84 Å². The molecule has 27 heavy (non-hydrogen) atoms. The molecule has 0 saturated heterocycles. The molecule has 1 N–H and O–H groups in total. The Labute approximate surface area is 164 Å². The summed E-state index contributed by atoms with van der Waals surface area (Å²) in [6.45, 7) is 10.6. The summed E-state index contributed by atoms with van der Waals surface area (Å²) in [4.78, 5) is 2.48. The smallest absolute Gasteiger partial charge is 0.124 e. The molecule has 2 aromatic rings. The van der Waals surface area contributed by atoms with Gasteiger partial charge in [0.25, 0.3) is 0 Å². The molecule has 1 aliphatic rings. The molecule has 0 bridgehead atoms. The molecular formula is C24H33NO2. The van der Waals surface area contributed by atoms with Gasteiger partial charge in [-0.05, 0) is 74.9 Å². The number of aliphatic hydroxyl groups is 1. The lowest BCUT2D eigenvalue weighted by molar-refractivity contribution is 0.170. The Balaban J connectivity index is 1.82. The molecule has 2 atom stereocenters. The van der Waals surface area contributed by atoms with Gasteiger partial charge in [0.1, 0.15) is 11.9 Å². The maximum atomic E-state index is 9.68. The van der Waals surface area contributed by atoms with Crippen molar-refractivity contribution in [1.29, 1.82) is 0 Å². The van der Waals surface area contributed by atoms with Gasteiger partial charge in [-0.1, -0.05) is 43.3 Å². The first-order valence-electron chi connectivity index (χ1n) is 10.3. The molecule has 2 unspecified atom stereocenters. The Morgan fingerprint density at radius 1 is 1.15 bits per heavy atom. The normalized spacial score (nSPS) is 17.7. The van der Waals surface area contributed by atoms with Gasteiger partial charge in [0.2, 0.25) is 0 Å². The minimum absolute atomic E-state index is 0.0985. The lowest BCUT2D eigenvalue weighted by Gasteiger charge is -2.31. The Bertz CT molecular complexity index is 754. The van der Waals surface area contributed by atoms with Gasteiger partial charge in [0.05, 0.1) is 6.10 Å². The van der Waals surface area contributed by atoms with E-state index in [0.29, 0.717) is 12.5 Å². The second-order valence-electron chi connectivity index (χ2n) is 8.00. The molecule has 1 aliphatic heterocycles. The zero-order valence-corrected chi connectivity index (χ0v) is 17.1. The Morgan fingerprint density at radius 2 is 1.93 bits per heavy atom. The van der Waals surface area contributed by atoms with Crippen molar-refractivity contribution >= 4 is 0 Å². The number of hydrogen-bond donors (Lipinski definition) is 1. The highest BCUT2D eigenvalue weighted by molar-refractivity contribution is 5.41. The first-order valence-corrected chi connectivity index (χ1v) is 10.3. The van der Waals surface area contributed by atoms with Crippen molar-refractivity contribution in [2.24, 2.45) is 0 Å². The molecule has 0 spiro atoms. The number of rotatable bonds is 7. The van der Waals surface area contributed by atoms with E-state index in [0.717, 1.165) is 37.2 Å². The van der Waals surface area contributed by atoms with Crippen LogP contribution in [-0.4, -0.2) is 28.7 Å².